The molecule has 6 rings (SSSR count). The topological polar surface area (TPSA) is 108 Å². The van der Waals surface area contributed by atoms with E-state index in [2.05, 4.69) is 27.2 Å². The van der Waals surface area contributed by atoms with Crippen LogP contribution in [0.1, 0.15) is 75.6 Å². The van der Waals surface area contributed by atoms with Crippen molar-refractivity contribution in [2.75, 3.05) is 25.0 Å². The van der Waals surface area contributed by atoms with Gasteiger partial charge < -0.3 is 19.9 Å². The van der Waals surface area contributed by atoms with Gasteiger partial charge in [-0.2, -0.15) is 5.10 Å². The Morgan fingerprint density at radius 1 is 1.02 bits per heavy atom. The molecule has 10 heteroatoms. The minimum absolute atomic E-state index is 0.167. The Balaban J connectivity index is 1.04. The molecule has 2 aliphatic rings. The van der Waals surface area contributed by atoms with Crippen LogP contribution >= 0.6 is 0 Å². The van der Waals surface area contributed by atoms with E-state index in [-0.39, 0.29) is 18.0 Å². The van der Waals surface area contributed by atoms with Gasteiger partial charge in [0.1, 0.15) is 11.4 Å². The molecule has 2 fully saturated rings. The summed E-state index contributed by atoms with van der Waals surface area (Å²) in [4.78, 5) is 37.8. The zero-order valence-corrected chi connectivity index (χ0v) is 25.5. The van der Waals surface area contributed by atoms with E-state index in [1.165, 1.54) is 12.8 Å². The van der Waals surface area contributed by atoms with E-state index < -0.39 is 5.60 Å². The summed E-state index contributed by atoms with van der Waals surface area (Å²) in [5, 5.41) is 7.62. The molecule has 0 unspecified atom stereocenters. The predicted molar refractivity (Wildman–Crippen MR) is 167 cm³/mol. The van der Waals surface area contributed by atoms with Crippen LogP contribution in [0, 0.1) is 0 Å². The molecule has 2 aliphatic heterocycles. The first-order valence-electron chi connectivity index (χ1n) is 15.3. The largest absolute Gasteiger partial charge is 0.444 e. The van der Waals surface area contributed by atoms with Crippen LogP contribution in [0.5, 0.6) is 0 Å². The zero-order chi connectivity index (χ0) is 30.1. The standard InChI is InChI=1S/C33H41N7O3/c1-22-6-5-15-39(22)21-30-36-28-12-11-26(18-29(28)37-30)35-31(41)24-9-7-23(8-10-24)25-19-34-40(20-25)27-13-16-38(17-14-27)32(42)43-33(2,3)4/h7-12,18-20,22,27H,5-6,13-17,21H2,1-4H3,(H,35,41)(H,36,37)/t22-/m0/s1. The molecular weight excluding hydrogens is 542 g/mol. The van der Waals surface area contributed by atoms with Crippen LogP contribution in [0.3, 0.4) is 0 Å². The van der Waals surface area contributed by atoms with Gasteiger partial charge in [0.05, 0.1) is 29.8 Å². The van der Waals surface area contributed by atoms with Crippen LogP contribution in [0.2, 0.25) is 0 Å². The van der Waals surface area contributed by atoms with Gasteiger partial charge in [0.15, 0.2) is 0 Å². The molecule has 2 N–H and O–H groups in total. The summed E-state index contributed by atoms with van der Waals surface area (Å²) in [6.07, 6.45) is 7.76. The van der Waals surface area contributed by atoms with E-state index in [4.69, 9.17) is 9.72 Å². The first-order valence-corrected chi connectivity index (χ1v) is 15.3. The number of nitrogens with zero attached hydrogens (tertiary/aromatic N) is 5. The number of likely N-dealkylation sites (tertiary alicyclic amines) is 2. The molecule has 43 heavy (non-hydrogen) atoms. The number of anilines is 1. The zero-order valence-electron chi connectivity index (χ0n) is 25.5. The number of ether oxygens (including phenoxy) is 1. The molecule has 0 aliphatic carbocycles. The minimum Gasteiger partial charge on any atom is -0.444 e. The van der Waals surface area contributed by atoms with Crippen molar-refractivity contribution in [1.82, 2.24) is 29.5 Å². The highest BCUT2D eigenvalue weighted by Crippen LogP contribution is 2.27. The van der Waals surface area contributed by atoms with Crippen molar-refractivity contribution in [3.63, 3.8) is 0 Å². The summed E-state index contributed by atoms with van der Waals surface area (Å²) >= 11 is 0. The van der Waals surface area contributed by atoms with Crippen LogP contribution in [-0.4, -0.2) is 72.8 Å². The number of rotatable bonds is 6. The number of amides is 2. The molecule has 226 valence electrons. The molecule has 2 saturated heterocycles. The molecule has 2 aromatic carbocycles. The van der Waals surface area contributed by atoms with E-state index >= 15 is 0 Å². The molecule has 4 aromatic rings. The molecule has 2 aromatic heterocycles. The summed E-state index contributed by atoms with van der Waals surface area (Å²) in [7, 11) is 0. The van der Waals surface area contributed by atoms with Gasteiger partial charge >= 0.3 is 6.09 Å². The number of hydrogen-bond donors (Lipinski definition) is 2. The maximum Gasteiger partial charge on any atom is 0.410 e. The number of aromatic nitrogens is 4. The number of carbonyl (C=O) groups is 2. The van der Waals surface area contributed by atoms with Crippen molar-refractivity contribution in [2.45, 2.75) is 77.6 Å². The minimum atomic E-state index is -0.494. The number of piperidine rings is 1. The van der Waals surface area contributed by atoms with Gasteiger partial charge in [-0.15, -0.1) is 0 Å². The molecule has 0 saturated carbocycles. The van der Waals surface area contributed by atoms with E-state index in [0.717, 1.165) is 53.9 Å². The normalized spacial score (nSPS) is 18.3. The Morgan fingerprint density at radius 3 is 2.49 bits per heavy atom. The summed E-state index contributed by atoms with van der Waals surface area (Å²) < 4.78 is 7.50. The fourth-order valence-corrected chi connectivity index (χ4v) is 5.97. The van der Waals surface area contributed by atoms with Crippen LogP contribution < -0.4 is 5.32 Å². The third kappa shape index (κ3) is 6.74. The fraction of sp³-hybridized carbons (Fsp3) is 0.455. The van der Waals surface area contributed by atoms with Gasteiger partial charge in [0.2, 0.25) is 0 Å². The summed E-state index contributed by atoms with van der Waals surface area (Å²) in [5.41, 5.74) is 4.60. The molecule has 1 atom stereocenters. The maximum atomic E-state index is 13.0. The molecule has 0 radical (unpaired) electrons. The Kier molecular flexibility index (Phi) is 7.96. The van der Waals surface area contributed by atoms with Crippen LogP contribution in [-0.2, 0) is 11.3 Å². The molecule has 0 bridgehead atoms. The Labute approximate surface area is 252 Å². The van der Waals surface area contributed by atoms with E-state index in [0.29, 0.717) is 30.4 Å². The highest BCUT2D eigenvalue weighted by atomic mass is 16.6. The van der Waals surface area contributed by atoms with Crippen LogP contribution in [0.25, 0.3) is 22.2 Å². The van der Waals surface area contributed by atoms with Gasteiger partial charge in [-0.25, -0.2) is 9.78 Å². The Hall–Kier alpha value is -4.18. The second-order valence-electron chi connectivity index (χ2n) is 12.8. The number of H-pyrrole nitrogens is 1. The summed E-state index contributed by atoms with van der Waals surface area (Å²) in [6.45, 7) is 11.1. The van der Waals surface area contributed by atoms with Crippen molar-refractivity contribution >= 4 is 28.7 Å². The number of benzene rings is 2. The summed E-state index contributed by atoms with van der Waals surface area (Å²) in [6, 6.07) is 14.2. The monoisotopic (exact) mass is 583 g/mol. The Morgan fingerprint density at radius 2 is 1.79 bits per heavy atom. The average Bonchev–Trinajstić information content (AvgIpc) is 3.72. The van der Waals surface area contributed by atoms with Gasteiger partial charge in [0.25, 0.3) is 5.91 Å². The van der Waals surface area contributed by atoms with Gasteiger partial charge in [-0.1, -0.05) is 12.1 Å². The number of carbonyl (C=O) groups excluding carboxylic acids is 2. The molecule has 0 spiro atoms. The second-order valence-corrected chi connectivity index (χ2v) is 12.8. The molecular formula is C33H41N7O3. The molecule has 4 heterocycles. The number of fused-ring (bicyclic) bond motifs is 1. The predicted octanol–water partition coefficient (Wildman–Crippen LogP) is 6.24. The second kappa shape index (κ2) is 11.8. The third-order valence-corrected chi connectivity index (χ3v) is 8.41. The van der Waals surface area contributed by atoms with E-state index in [1.807, 2.05) is 80.3 Å². The smallest absolute Gasteiger partial charge is 0.410 e. The van der Waals surface area contributed by atoms with Gasteiger partial charge in [-0.3, -0.25) is 14.4 Å². The number of aromatic amines is 1. The van der Waals surface area contributed by atoms with E-state index in [9.17, 15) is 9.59 Å². The lowest BCUT2D eigenvalue weighted by molar-refractivity contribution is 0.0184. The number of nitrogens with one attached hydrogen (secondary N) is 2. The quantitative estimate of drug-likeness (QED) is 0.278. The lowest BCUT2D eigenvalue weighted by Gasteiger charge is -2.33. The first kappa shape index (κ1) is 28.9. The Bertz CT molecular complexity index is 1590. The highest BCUT2D eigenvalue weighted by Gasteiger charge is 2.28. The van der Waals surface area contributed by atoms with Crippen LogP contribution in [0.4, 0.5) is 10.5 Å². The van der Waals surface area contributed by atoms with Gasteiger partial charge in [-0.05, 0) is 95.8 Å². The maximum absolute atomic E-state index is 13.0. The van der Waals surface area contributed by atoms with Crippen molar-refractivity contribution < 1.29 is 14.3 Å². The number of imidazole rings is 1. The fourth-order valence-electron chi connectivity index (χ4n) is 5.97. The lowest BCUT2D eigenvalue weighted by atomic mass is 10.0. The van der Waals surface area contributed by atoms with Crippen molar-refractivity contribution in [2.24, 2.45) is 0 Å². The SMILES string of the molecule is C[C@H]1CCCN1Cc1nc2cc(NC(=O)c3ccc(-c4cnn(C5CCN(C(=O)OC(C)(C)C)CC5)c4)cc3)ccc2[nH]1. The molecule has 10 nitrogen and oxygen atoms in total. The average molecular weight is 584 g/mol. The highest BCUT2D eigenvalue weighted by molar-refractivity contribution is 6.05. The third-order valence-electron chi connectivity index (χ3n) is 8.41. The molecule has 2 amide bonds. The first-order chi connectivity index (χ1) is 20.6. The summed E-state index contributed by atoms with van der Waals surface area (Å²) in [5.74, 6) is 0.789. The van der Waals surface area contributed by atoms with Crippen molar-refractivity contribution in [3.05, 3.63) is 66.2 Å². The van der Waals surface area contributed by atoms with Crippen molar-refractivity contribution in [1.29, 1.82) is 0 Å². The van der Waals surface area contributed by atoms with Crippen LogP contribution in [0.15, 0.2) is 54.9 Å². The van der Waals surface area contributed by atoms with Gasteiger partial charge in [0, 0.05) is 42.1 Å². The van der Waals surface area contributed by atoms with E-state index in [1.54, 1.807) is 4.90 Å². The van der Waals surface area contributed by atoms with Crippen molar-refractivity contribution in [3.8, 4) is 11.1 Å². The lowest BCUT2D eigenvalue weighted by Crippen LogP contribution is -2.42. The number of hydrogen-bond acceptors (Lipinski definition) is 6.